The van der Waals surface area contributed by atoms with Gasteiger partial charge in [-0.15, -0.1) is 10.2 Å². The predicted octanol–water partition coefficient (Wildman–Crippen LogP) is 3.16. The van der Waals surface area contributed by atoms with E-state index < -0.39 is 0 Å². The molecule has 0 N–H and O–H groups in total. The number of rotatable bonds is 6. The van der Waals surface area contributed by atoms with Gasteiger partial charge in [-0.3, -0.25) is 4.79 Å². The second-order valence-electron chi connectivity index (χ2n) is 5.74. The molecule has 5 nitrogen and oxygen atoms in total. The molecule has 0 spiro atoms. The van der Waals surface area contributed by atoms with Gasteiger partial charge in [-0.2, -0.15) is 0 Å². The van der Waals surface area contributed by atoms with E-state index in [2.05, 4.69) is 34.5 Å². The average Bonchev–Trinajstić information content (AvgIpc) is 3.06. The van der Waals surface area contributed by atoms with Crippen molar-refractivity contribution < 1.29 is 4.79 Å². The Hall–Kier alpha value is -2.60. The molecule has 0 atom stereocenters. The zero-order chi connectivity index (χ0) is 17.6. The number of aryl methyl sites for hydroxylation is 1. The number of carbonyl (C=O) groups is 1. The SMILES string of the molecule is CN(C(=O)CSc1nncn1C)C(c1ccccc1)c1ccccc1. The van der Waals surface area contributed by atoms with Crippen LogP contribution in [0.5, 0.6) is 0 Å². The van der Waals surface area contributed by atoms with Gasteiger partial charge in [-0.25, -0.2) is 0 Å². The zero-order valence-corrected chi connectivity index (χ0v) is 15.1. The van der Waals surface area contributed by atoms with E-state index in [4.69, 9.17) is 0 Å². The molecule has 0 aliphatic rings. The van der Waals surface area contributed by atoms with Crippen LogP contribution in [0.1, 0.15) is 17.2 Å². The van der Waals surface area contributed by atoms with Crippen molar-refractivity contribution in [3.8, 4) is 0 Å². The minimum absolute atomic E-state index is 0.0470. The van der Waals surface area contributed by atoms with Gasteiger partial charge in [0.05, 0.1) is 11.8 Å². The third kappa shape index (κ3) is 4.09. The average molecular weight is 352 g/mol. The van der Waals surface area contributed by atoms with E-state index in [-0.39, 0.29) is 11.9 Å². The molecule has 25 heavy (non-hydrogen) atoms. The van der Waals surface area contributed by atoms with Gasteiger partial charge < -0.3 is 9.47 Å². The summed E-state index contributed by atoms with van der Waals surface area (Å²) in [6.07, 6.45) is 1.63. The second-order valence-corrected chi connectivity index (χ2v) is 6.68. The Morgan fingerprint density at radius 2 is 1.64 bits per heavy atom. The maximum atomic E-state index is 12.8. The third-order valence-electron chi connectivity index (χ3n) is 4.01. The van der Waals surface area contributed by atoms with Crippen LogP contribution in [-0.4, -0.2) is 38.4 Å². The number of hydrogen-bond acceptors (Lipinski definition) is 4. The number of benzene rings is 2. The molecule has 3 aromatic rings. The van der Waals surface area contributed by atoms with E-state index in [1.165, 1.54) is 11.8 Å². The van der Waals surface area contributed by atoms with Crippen LogP contribution in [0.2, 0.25) is 0 Å². The Kier molecular flexibility index (Phi) is 5.50. The van der Waals surface area contributed by atoms with Crippen molar-refractivity contribution in [2.24, 2.45) is 7.05 Å². The summed E-state index contributed by atoms with van der Waals surface area (Å²) in [5.74, 6) is 0.366. The lowest BCUT2D eigenvalue weighted by molar-refractivity contribution is -0.128. The van der Waals surface area contributed by atoms with Gasteiger partial charge in [-0.1, -0.05) is 72.4 Å². The lowest BCUT2D eigenvalue weighted by atomic mass is 9.97. The molecule has 1 amide bonds. The van der Waals surface area contributed by atoms with Crippen LogP contribution in [0, 0.1) is 0 Å². The number of nitrogens with zero attached hydrogens (tertiary/aromatic N) is 4. The molecular weight excluding hydrogens is 332 g/mol. The van der Waals surface area contributed by atoms with Crippen LogP contribution < -0.4 is 0 Å². The number of aromatic nitrogens is 3. The van der Waals surface area contributed by atoms with Crippen LogP contribution in [0.4, 0.5) is 0 Å². The highest BCUT2D eigenvalue weighted by Gasteiger charge is 2.23. The summed E-state index contributed by atoms with van der Waals surface area (Å²) in [5, 5.41) is 8.59. The first-order chi connectivity index (χ1) is 12.2. The Morgan fingerprint density at radius 3 is 2.12 bits per heavy atom. The first-order valence-electron chi connectivity index (χ1n) is 7.99. The summed E-state index contributed by atoms with van der Waals surface area (Å²) in [6, 6.07) is 20.1. The van der Waals surface area contributed by atoms with E-state index in [1.54, 1.807) is 11.2 Å². The normalized spacial score (nSPS) is 10.8. The summed E-state index contributed by atoms with van der Waals surface area (Å²) in [5.41, 5.74) is 2.18. The van der Waals surface area contributed by atoms with Crippen molar-refractivity contribution in [1.29, 1.82) is 0 Å². The van der Waals surface area contributed by atoms with Crippen LogP contribution >= 0.6 is 11.8 Å². The standard InChI is InChI=1S/C19H20N4OS/c1-22-14-20-21-19(22)25-13-17(24)23(2)18(15-9-5-3-6-10-15)16-11-7-4-8-12-16/h3-12,14,18H,13H2,1-2H3. The highest BCUT2D eigenvalue weighted by Crippen LogP contribution is 2.28. The van der Waals surface area contributed by atoms with Crippen molar-refractivity contribution in [1.82, 2.24) is 19.7 Å². The third-order valence-corrected chi connectivity index (χ3v) is 5.03. The molecular formula is C19H20N4OS. The summed E-state index contributed by atoms with van der Waals surface area (Å²) >= 11 is 1.40. The van der Waals surface area contributed by atoms with Gasteiger partial charge in [0, 0.05) is 14.1 Å². The fraction of sp³-hybridized carbons (Fsp3) is 0.211. The maximum absolute atomic E-state index is 12.8. The molecule has 3 rings (SSSR count). The predicted molar refractivity (Wildman–Crippen MR) is 99.2 cm³/mol. The summed E-state index contributed by atoms with van der Waals surface area (Å²) in [4.78, 5) is 14.6. The molecule has 6 heteroatoms. The highest BCUT2D eigenvalue weighted by atomic mass is 32.2. The van der Waals surface area contributed by atoms with Crippen molar-refractivity contribution in [3.63, 3.8) is 0 Å². The fourth-order valence-electron chi connectivity index (χ4n) is 2.69. The van der Waals surface area contributed by atoms with Crippen LogP contribution in [0.15, 0.2) is 72.1 Å². The first kappa shape index (κ1) is 17.2. The largest absolute Gasteiger partial charge is 0.334 e. The minimum atomic E-state index is -0.116. The van der Waals surface area contributed by atoms with Crippen molar-refractivity contribution in [3.05, 3.63) is 78.1 Å². The van der Waals surface area contributed by atoms with Crippen molar-refractivity contribution in [2.45, 2.75) is 11.2 Å². The van der Waals surface area contributed by atoms with Gasteiger partial charge in [0.25, 0.3) is 0 Å². The molecule has 0 unspecified atom stereocenters. The molecule has 0 aliphatic heterocycles. The van der Waals surface area contributed by atoms with Gasteiger partial charge in [0.15, 0.2) is 5.16 Å². The first-order valence-corrected chi connectivity index (χ1v) is 8.97. The van der Waals surface area contributed by atoms with Crippen LogP contribution in [0.3, 0.4) is 0 Å². The second kappa shape index (κ2) is 7.98. The molecule has 0 radical (unpaired) electrons. The molecule has 128 valence electrons. The molecule has 0 aliphatic carbocycles. The Balaban J connectivity index is 1.80. The number of thioether (sulfide) groups is 1. The fourth-order valence-corrected chi connectivity index (χ4v) is 3.50. The smallest absolute Gasteiger partial charge is 0.233 e. The van der Waals surface area contributed by atoms with Crippen molar-refractivity contribution in [2.75, 3.05) is 12.8 Å². The molecule has 1 aromatic heterocycles. The zero-order valence-electron chi connectivity index (χ0n) is 14.2. The number of amides is 1. The van der Waals surface area contributed by atoms with E-state index >= 15 is 0 Å². The minimum Gasteiger partial charge on any atom is -0.334 e. The molecule has 0 fully saturated rings. The van der Waals surface area contributed by atoms with Crippen LogP contribution in [0.25, 0.3) is 0 Å². The molecule has 1 heterocycles. The Morgan fingerprint density at radius 1 is 1.08 bits per heavy atom. The molecule has 0 bridgehead atoms. The van der Waals surface area contributed by atoms with E-state index in [0.29, 0.717) is 5.75 Å². The van der Waals surface area contributed by atoms with E-state index in [1.807, 2.05) is 55.1 Å². The summed E-state index contributed by atoms with van der Waals surface area (Å²) in [6.45, 7) is 0. The molecule has 0 saturated heterocycles. The van der Waals surface area contributed by atoms with Gasteiger partial charge >= 0.3 is 0 Å². The van der Waals surface area contributed by atoms with Gasteiger partial charge in [-0.05, 0) is 11.1 Å². The lowest BCUT2D eigenvalue weighted by Gasteiger charge is -2.29. The lowest BCUT2D eigenvalue weighted by Crippen LogP contribution is -2.33. The van der Waals surface area contributed by atoms with Gasteiger partial charge in [0.1, 0.15) is 6.33 Å². The van der Waals surface area contributed by atoms with Crippen molar-refractivity contribution >= 4 is 17.7 Å². The van der Waals surface area contributed by atoms with E-state index in [9.17, 15) is 4.79 Å². The van der Waals surface area contributed by atoms with E-state index in [0.717, 1.165) is 16.3 Å². The monoisotopic (exact) mass is 352 g/mol. The number of hydrogen-bond donors (Lipinski definition) is 0. The summed E-state index contributed by atoms with van der Waals surface area (Å²) < 4.78 is 1.81. The Labute approximate surface area is 151 Å². The number of carbonyl (C=O) groups excluding carboxylic acids is 1. The molecule has 0 saturated carbocycles. The van der Waals surface area contributed by atoms with Crippen LogP contribution in [-0.2, 0) is 11.8 Å². The summed E-state index contributed by atoms with van der Waals surface area (Å²) in [7, 11) is 3.72. The highest BCUT2D eigenvalue weighted by molar-refractivity contribution is 7.99. The quantitative estimate of drug-likeness (QED) is 0.640. The Bertz CT molecular complexity index is 780. The molecule has 2 aromatic carbocycles. The maximum Gasteiger partial charge on any atom is 0.233 e. The topological polar surface area (TPSA) is 51.0 Å². The van der Waals surface area contributed by atoms with Gasteiger partial charge in [0.2, 0.25) is 5.91 Å².